The molecule has 2 amide bonds. The van der Waals surface area contributed by atoms with E-state index in [1.807, 2.05) is 6.92 Å². The number of thioether (sulfide) groups is 1. The summed E-state index contributed by atoms with van der Waals surface area (Å²) in [5.74, 6) is -0.303. The van der Waals surface area contributed by atoms with Gasteiger partial charge in [-0.3, -0.25) is 24.6 Å². The molecule has 9 nitrogen and oxygen atoms in total. The number of carbonyl (C=O) groups is 2. The first-order valence-electron chi connectivity index (χ1n) is 10.6. The van der Waals surface area contributed by atoms with Crippen LogP contribution in [0.2, 0.25) is 0 Å². The first-order valence-corrected chi connectivity index (χ1v) is 12.2. The van der Waals surface area contributed by atoms with E-state index in [0.717, 1.165) is 0 Å². The topological polar surface area (TPSA) is 105 Å². The highest BCUT2D eigenvalue weighted by molar-refractivity contribution is 9.10. The van der Waals surface area contributed by atoms with Crippen LogP contribution in [0.15, 0.2) is 56.8 Å². The highest BCUT2D eigenvalue weighted by atomic mass is 79.9. The third-order valence-electron chi connectivity index (χ3n) is 5.29. The van der Waals surface area contributed by atoms with Crippen molar-refractivity contribution in [3.05, 3.63) is 73.1 Å². The van der Waals surface area contributed by atoms with Crippen molar-refractivity contribution in [2.75, 3.05) is 32.8 Å². The molecule has 0 aliphatic carbocycles. The van der Waals surface area contributed by atoms with Gasteiger partial charge in [-0.1, -0.05) is 12.1 Å². The zero-order valence-electron chi connectivity index (χ0n) is 18.3. The summed E-state index contributed by atoms with van der Waals surface area (Å²) in [4.78, 5) is 44.8. The van der Waals surface area contributed by atoms with Gasteiger partial charge >= 0.3 is 0 Å². The number of nitro benzene ring substituents is 1. The minimum Gasteiger partial charge on any atom is -0.378 e. The van der Waals surface area contributed by atoms with Gasteiger partial charge in [-0.25, -0.2) is 4.99 Å². The van der Waals surface area contributed by atoms with Gasteiger partial charge in [0.25, 0.3) is 17.5 Å². The van der Waals surface area contributed by atoms with Crippen LogP contribution < -0.4 is 0 Å². The van der Waals surface area contributed by atoms with Gasteiger partial charge in [-0.05, 0) is 70.5 Å². The summed E-state index contributed by atoms with van der Waals surface area (Å²) in [6.07, 6.45) is 1.62. The molecule has 0 N–H and O–H groups in total. The van der Waals surface area contributed by atoms with Crippen molar-refractivity contribution in [2.45, 2.75) is 6.92 Å². The second-order valence-corrected chi connectivity index (χ2v) is 9.34. The number of rotatable bonds is 5. The third-order valence-corrected chi connectivity index (χ3v) is 6.96. The number of likely N-dealkylation sites (N-methyl/N-ethyl adjacent to an activating group) is 1. The summed E-state index contributed by atoms with van der Waals surface area (Å²) in [6, 6.07) is 11.7. The molecule has 0 atom stereocenters. The van der Waals surface area contributed by atoms with Crippen LogP contribution in [0.5, 0.6) is 0 Å². The molecule has 2 aromatic rings. The molecule has 0 bridgehead atoms. The lowest BCUT2D eigenvalue weighted by molar-refractivity contribution is -0.385. The Morgan fingerprint density at radius 1 is 1.26 bits per heavy atom. The van der Waals surface area contributed by atoms with Crippen LogP contribution in [0.4, 0.5) is 11.4 Å². The summed E-state index contributed by atoms with van der Waals surface area (Å²) in [5, 5.41) is 11.7. The fourth-order valence-electron chi connectivity index (χ4n) is 3.55. The molecule has 0 saturated carbocycles. The third kappa shape index (κ3) is 5.21. The van der Waals surface area contributed by atoms with Gasteiger partial charge in [0.05, 0.1) is 33.2 Å². The lowest BCUT2D eigenvalue weighted by Gasteiger charge is -2.26. The van der Waals surface area contributed by atoms with Crippen molar-refractivity contribution in [1.29, 1.82) is 0 Å². The summed E-state index contributed by atoms with van der Waals surface area (Å²) in [5.41, 5.74) is 1.56. The van der Waals surface area contributed by atoms with Gasteiger partial charge < -0.3 is 9.64 Å². The molecule has 2 aliphatic rings. The molecule has 34 heavy (non-hydrogen) atoms. The molecule has 2 aliphatic heterocycles. The first-order chi connectivity index (χ1) is 16.4. The lowest BCUT2D eigenvalue weighted by atomic mass is 10.1. The second-order valence-electron chi connectivity index (χ2n) is 7.48. The monoisotopic (exact) mass is 544 g/mol. The van der Waals surface area contributed by atoms with Gasteiger partial charge in [0.15, 0.2) is 5.17 Å². The number of hydrogen-bond acceptors (Lipinski definition) is 7. The number of nitro groups is 1. The molecule has 11 heteroatoms. The molecular weight excluding hydrogens is 524 g/mol. The number of amidine groups is 1. The van der Waals surface area contributed by atoms with Crippen molar-refractivity contribution < 1.29 is 19.2 Å². The number of amides is 2. The van der Waals surface area contributed by atoms with Gasteiger partial charge in [0.2, 0.25) is 0 Å². The van der Waals surface area contributed by atoms with E-state index in [4.69, 9.17) is 4.74 Å². The number of morpholine rings is 1. The fourth-order valence-corrected chi connectivity index (χ4v) is 5.00. The Morgan fingerprint density at radius 3 is 2.74 bits per heavy atom. The highest BCUT2D eigenvalue weighted by Crippen LogP contribution is 2.35. The maximum atomic E-state index is 12.9. The zero-order chi connectivity index (χ0) is 24.2. The number of ether oxygens (including phenoxy) is 1. The summed E-state index contributed by atoms with van der Waals surface area (Å²) in [6.45, 7) is 4.40. The summed E-state index contributed by atoms with van der Waals surface area (Å²) < 4.78 is 5.68. The average molecular weight is 545 g/mol. The van der Waals surface area contributed by atoms with E-state index in [0.29, 0.717) is 64.2 Å². The van der Waals surface area contributed by atoms with Gasteiger partial charge in [-0.2, -0.15) is 0 Å². The normalized spacial score (nSPS) is 18.7. The predicted molar refractivity (Wildman–Crippen MR) is 134 cm³/mol. The van der Waals surface area contributed by atoms with E-state index in [9.17, 15) is 19.7 Å². The van der Waals surface area contributed by atoms with Crippen molar-refractivity contribution >= 4 is 62.1 Å². The van der Waals surface area contributed by atoms with Gasteiger partial charge in [0.1, 0.15) is 0 Å². The minimum atomic E-state index is -0.480. The van der Waals surface area contributed by atoms with E-state index in [2.05, 4.69) is 20.9 Å². The maximum absolute atomic E-state index is 12.9. The molecule has 0 radical (unpaired) electrons. The quantitative estimate of drug-likeness (QED) is 0.312. The Morgan fingerprint density at radius 2 is 2.03 bits per heavy atom. The molecule has 0 spiro atoms. The standard InChI is InChI=1S/C23H21BrN4O5S/c1-2-27-22(30)20(13-15-6-7-18(24)19(12-15)28(31)32)34-23(27)25-17-5-3-4-16(14-17)21(29)26-8-10-33-11-9-26/h3-7,12-14H,2,8-11H2,1H3/b20-13+,25-23?. The molecule has 2 heterocycles. The van der Waals surface area contributed by atoms with Crippen molar-refractivity contribution in [3.8, 4) is 0 Å². The lowest BCUT2D eigenvalue weighted by Crippen LogP contribution is -2.40. The molecule has 2 aromatic carbocycles. The SMILES string of the molecule is CCN1C(=O)/C(=C\c2ccc(Br)c([N+](=O)[O-])c2)SC1=Nc1cccc(C(=O)N2CCOCC2)c1. The van der Waals surface area contributed by atoms with E-state index in [1.54, 1.807) is 52.3 Å². The Kier molecular flexibility index (Phi) is 7.44. The van der Waals surface area contributed by atoms with Crippen LogP contribution in [0.3, 0.4) is 0 Å². The van der Waals surface area contributed by atoms with Crippen LogP contribution in [0.1, 0.15) is 22.8 Å². The minimum absolute atomic E-state index is 0.0761. The smallest absolute Gasteiger partial charge is 0.284 e. The zero-order valence-corrected chi connectivity index (χ0v) is 20.7. The summed E-state index contributed by atoms with van der Waals surface area (Å²) in [7, 11) is 0. The second kappa shape index (κ2) is 10.5. The van der Waals surface area contributed by atoms with E-state index in [-0.39, 0.29) is 17.5 Å². The van der Waals surface area contributed by atoms with Crippen LogP contribution in [-0.4, -0.2) is 64.6 Å². The molecule has 4 rings (SSSR count). The van der Waals surface area contributed by atoms with Crippen LogP contribution in [0.25, 0.3) is 6.08 Å². The molecule has 0 aromatic heterocycles. The maximum Gasteiger partial charge on any atom is 0.284 e. The number of nitrogens with zero attached hydrogens (tertiary/aromatic N) is 4. The van der Waals surface area contributed by atoms with Gasteiger partial charge in [0, 0.05) is 31.3 Å². The highest BCUT2D eigenvalue weighted by Gasteiger charge is 2.32. The van der Waals surface area contributed by atoms with Crippen molar-refractivity contribution in [3.63, 3.8) is 0 Å². The molecule has 0 unspecified atom stereocenters. The number of benzene rings is 2. The number of hydrogen-bond donors (Lipinski definition) is 0. The van der Waals surface area contributed by atoms with Crippen molar-refractivity contribution in [2.24, 2.45) is 4.99 Å². The van der Waals surface area contributed by atoms with Gasteiger partial charge in [-0.15, -0.1) is 0 Å². The number of aliphatic imine (C=N–C) groups is 1. The Bertz CT molecular complexity index is 1210. The molecule has 176 valence electrons. The van der Waals surface area contributed by atoms with Crippen LogP contribution >= 0.6 is 27.7 Å². The average Bonchev–Trinajstić information content (AvgIpc) is 3.13. The Hall–Kier alpha value is -3.02. The summed E-state index contributed by atoms with van der Waals surface area (Å²) >= 11 is 4.37. The molecular formula is C23H21BrN4O5S. The Labute approximate surface area is 208 Å². The fraction of sp³-hybridized carbons (Fsp3) is 0.261. The van der Waals surface area contributed by atoms with Crippen LogP contribution in [0, 0.1) is 10.1 Å². The van der Waals surface area contributed by atoms with E-state index >= 15 is 0 Å². The van der Waals surface area contributed by atoms with E-state index in [1.165, 1.54) is 17.8 Å². The molecule has 2 fully saturated rings. The Balaban J connectivity index is 1.60. The van der Waals surface area contributed by atoms with Crippen molar-refractivity contribution in [1.82, 2.24) is 9.80 Å². The predicted octanol–water partition coefficient (Wildman–Crippen LogP) is 4.45. The number of carbonyl (C=O) groups excluding carboxylic acids is 2. The largest absolute Gasteiger partial charge is 0.378 e. The first kappa shape index (κ1) is 24.1. The number of halogens is 1. The molecule has 2 saturated heterocycles. The van der Waals surface area contributed by atoms with E-state index < -0.39 is 4.92 Å². The van der Waals surface area contributed by atoms with Crippen LogP contribution in [-0.2, 0) is 9.53 Å².